The van der Waals surface area contributed by atoms with Crippen molar-refractivity contribution in [1.29, 1.82) is 0 Å². The minimum atomic E-state index is -0.305. The highest BCUT2D eigenvalue weighted by molar-refractivity contribution is 5.43. The lowest BCUT2D eigenvalue weighted by Gasteiger charge is -2.18. The monoisotopic (exact) mass is 252 g/mol. The lowest BCUT2D eigenvalue weighted by Crippen LogP contribution is -2.12. The van der Waals surface area contributed by atoms with Crippen LogP contribution in [0.3, 0.4) is 0 Å². The zero-order valence-corrected chi connectivity index (χ0v) is 11.6. The van der Waals surface area contributed by atoms with Gasteiger partial charge in [-0.15, -0.1) is 0 Å². The summed E-state index contributed by atoms with van der Waals surface area (Å²) < 4.78 is 0. The zero-order valence-electron chi connectivity index (χ0n) is 11.6. The SMILES string of the molecule is CC1(C)CC(O)c2cc(Cc3ccccc3)ccc21. The van der Waals surface area contributed by atoms with Crippen LogP contribution in [0.1, 0.15) is 48.6 Å². The third-order valence-electron chi connectivity index (χ3n) is 4.16. The van der Waals surface area contributed by atoms with Crippen LogP contribution in [-0.4, -0.2) is 5.11 Å². The van der Waals surface area contributed by atoms with E-state index in [0.717, 1.165) is 18.4 Å². The Morgan fingerprint density at radius 2 is 1.79 bits per heavy atom. The predicted octanol–water partition coefficient (Wildman–Crippen LogP) is 3.99. The van der Waals surface area contributed by atoms with E-state index >= 15 is 0 Å². The molecular formula is C18H20O. The van der Waals surface area contributed by atoms with Crippen LogP contribution >= 0.6 is 0 Å². The molecule has 0 fully saturated rings. The molecule has 1 heteroatoms. The second-order valence-corrected chi connectivity index (χ2v) is 6.19. The van der Waals surface area contributed by atoms with Crippen molar-refractivity contribution in [3.05, 3.63) is 70.8 Å². The molecule has 0 aliphatic heterocycles. The molecule has 0 spiro atoms. The number of hydrogen-bond donors (Lipinski definition) is 1. The summed E-state index contributed by atoms with van der Waals surface area (Å²) in [5.74, 6) is 0. The first-order chi connectivity index (χ1) is 9.06. The quantitative estimate of drug-likeness (QED) is 0.856. The largest absolute Gasteiger partial charge is 0.388 e. The predicted molar refractivity (Wildman–Crippen MR) is 78.3 cm³/mol. The minimum absolute atomic E-state index is 0.0972. The normalized spacial score (nSPS) is 20.3. The smallest absolute Gasteiger partial charge is 0.0801 e. The Hall–Kier alpha value is -1.60. The van der Waals surface area contributed by atoms with Crippen LogP contribution in [0.4, 0.5) is 0 Å². The molecule has 1 aliphatic rings. The first kappa shape index (κ1) is 12.4. The molecule has 2 aromatic rings. The van der Waals surface area contributed by atoms with Crippen molar-refractivity contribution in [2.24, 2.45) is 0 Å². The molecule has 0 heterocycles. The van der Waals surface area contributed by atoms with Crippen molar-refractivity contribution in [2.75, 3.05) is 0 Å². The molecule has 3 rings (SSSR count). The summed E-state index contributed by atoms with van der Waals surface area (Å²) in [4.78, 5) is 0. The molecule has 1 unspecified atom stereocenters. The van der Waals surface area contributed by atoms with Gasteiger partial charge in [0.15, 0.2) is 0 Å². The average Bonchev–Trinajstić information content (AvgIpc) is 2.61. The summed E-state index contributed by atoms with van der Waals surface area (Å²) in [6.45, 7) is 4.41. The van der Waals surface area contributed by atoms with E-state index in [-0.39, 0.29) is 11.5 Å². The third-order valence-corrected chi connectivity index (χ3v) is 4.16. The minimum Gasteiger partial charge on any atom is -0.388 e. The Morgan fingerprint density at radius 1 is 1.05 bits per heavy atom. The maximum absolute atomic E-state index is 10.2. The highest BCUT2D eigenvalue weighted by atomic mass is 16.3. The van der Waals surface area contributed by atoms with Gasteiger partial charge in [-0.3, -0.25) is 0 Å². The van der Waals surface area contributed by atoms with Crippen molar-refractivity contribution in [1.82, 2.24) is 0 Å². The number of aliphatic hydroxyl groups is 1. The van der Waals surface area contributed by atoms with Crippen molar-refractivity contribution < 1.29 is 5.11 Å². The second kappa shape index (κ2) is 4.50. The van der Waals surface area contributed by atoms with Crippen molar-refractivity contribution in [2.45, 2.75) is 38.2 Å². The molecule has 2 aromatic carbocycles. The molecule has 1 N–H and O–H groups in total. The van der Waals surface area contributed by atoms with E-state index in [2.05, 4.69) is 56.3 Å². The van der Waals surface area contributed by atoms with Gasteiger partial charge in [0.1, 0.15) is 0 Å². The van der Waals surface area contributed by atoms with Crippen LogP contribution in [-0.2, 0) is 11.8 Å². The Morgan fingerprint density at radius 3 is 2.53 bits per heavy atom. The molecule has 1 nitrogen and oxygen atoms in total. The number of rotatable bonds is 2. The van der Waals surface area contributed by atoms with Crippen LogP contribution < -0.4 is 0 Å². The third kappa shape index (κ3) is 2.31. The van der Waals surface area contributed by atoms with Gasteiger partial charge in [0.25, 0.3) is 0 Å². The number of hydrogen-bond acceptors (Lipinski definition) is 1. The number of benzene rings is 2. The fourth-order valence-corrected chi connectivity index (χ4v) is 3.15. The van der Waals surface area contributed by atoms with E-state index < -0.39 is 0 Å². The zero-order chi connectivity index (χ0) is 13.5. The molecule has 1 atom stereocenters. The molecule has 19 heavy (non-hydrogen) atoms. The highest BCUT2D eigenvalue weighted by Crippen LogP contribution is 2.44. The summed E-state index contributed by atoms with van der Waals surface area (Å²) >= 11 is 0. The maximum atomic E-state index is 10.2. The molecular weight excluding hydrogens is 232 g/mol. The van der Waals surface area contributed by atoms with Crippen LogP contribution in [0, 0.1) is 0 Å². The molecule has 0 aromatic heterocycles. The maximum Gasteiger partial charge on any atom is 0.0801 e. The second-order valence-electron chi connectivity index (χ2n) is 6.19. The van der Waals surface area contributed by atoms with Gasteiger partial charge in [-0.05, 0) is 40.5 Å². The van der Waals surface area contributed by atoms with Gasteiger partial charge < -0.3 is 5.11 Å². The van der Waals surface area contributed by atoms with Crippen LogP contribution in [0.25, 0.3) is 0 Å². The van der Waals surface area contributed by atoms with Gasteiger partial charge in [0, 0.05) is 0 Å². The van der Waals surface area contributed by atoms with E-state index in [0.29, 0.717) is 0 Å². The van der Waals surface area contributed by atoms with E-state index in [1.54, 1.807) is 0 Å². The first-order valence-corrected chi connectivity index (χ1v) is 6.91. The number of aliphatic hydroxyl groups excluding tert-OH is 1. The fourth-order valence-electron chi connectivity index (χ4n) is 3.15. The summed E-state index contributed by atoms with van der Waals surface area (Å²) in [5, 5.41) is 10.2. The fraction of sp³-hybridized carbons (Fsp3) is 0.333. The Bertz CT molecular complexity index is 584. The van der Waals surface area contributed by atoms with E-state index in [9.17, 15) is 5.11 Å². The molecule has 1 aliphatic carbocycles. The average molecular weight is 252 g/mol. The molecule has 0 saturated heterocycles. The van der Waals surface area contributed by atoms with Crippen LogP contribution in [0.5, 0.6) is 0 Å². The summed E-state index contributed by atoms with van der Waals surface area (Å²) in [7, 11) is 0. The number of fused-ring (bicyclic) bond motifs is 1. The Balaban J connectivity index is 1.93. The standard InChI is InChI=1S/C18H20O/c1-18(2)12-17(19)15-11-14(8-9-16(15)18)10-13-6-4-3-5-7-13/h3-9,11,17,19H,10,12H2,1-2H3. The van der Waals surface area contributed by atoms with E-state index in [4.69, 9.17) is 0 Å². The van der Waals surface area contributed by atoms with E-state index in [1.165, 1.54) is 16.7 Å². The van der Waals surface area contributed by atoms with Crippen molar-refractivity contribution in [3.63, 3.8) is 0 Å². The van der Waals surface area contributed by atoms with Gasteiger partial charge >= 0.3 is 0 Å². The van der Waals surface area contributed by atoms with Gasteiger partial charge in [-0.1, -0.05) is 62.4 Å². The Kier molecular flexibility index (Phi) is 2.94. The van der Waals surface area contributed by atoms with Gasteiger partial charge in [-0.2, -0.15) is 0 Å². The topological polar surface area (TPSA) is 20.2 Å². The first-order valence-electron chi connectivity index (χ1n) is 6.91. The van der Waals surface area contributed by atoms with Gasteiger partial charge in [0.05, 0.1) is 6.10 Å². The molecule has 0 amide bonds. The van der Waals surface area contributed by atoms with E-state index in [1.807, 2.05) is 6.07 Å². The molecule has 98 valence electrons. The molecule has 0 radical (unpaired) electrons. The lowest BCUT2D eigenvalue weighted by molar-refractivity contribution is 0.161. The van der Waals surface area contributed by atoms with Gasteiger partial charge in [-0.25, -0.2) is 0 Å². The van der Waals surface area contributed by atoms with Crippen molar-refractivity contribution >= 4 is 0 Å². The highest BCUT2D eigenvalue weighted by Gasteiger charge is 2.35. The lowest BCUT2D eigenvalue weighted by atomic mass is 9.86. The summed E-state index contributed by atoms with van der Waals surface area (Å²) in [6.07, 6.45) is 1.46. The molecule has 0 saturated carbocycles. The Labute approximate surface area is 114 Å². The summed E-state index contributed by atoms with van der Waals surface area (Å²) in [6, 6.07) is 17.1. The van der Waals surface area contributed by atoms with Crippen LogP contribution in [0.2, 0.25) is 0 Å². The van der Waals surface area contributed by atoms with Gasteiger partial charge in [0.2, 0.25) is 0 Å². The van der Waals surface area contributed by atoms with Crippen LogP contribution in [0.15, 0.2) is 48.5 Å². The summed E-state index contributed by atoms with van der Waals surface area (Å²) in [5.41, 5.74) is 5.12. The molecule has 0 bridgehead atoms. The van der Waals surface area contributed by atoms with Crippen molar-refractivity contribution in [3.8, 4) is 0 Å².